The lowest BCUT2D eigenvalue weighted by atomic mass is 9.89. The maximum atomic E-state index is 12.5. The quantitative estimate of drug-likeness (QED) is 0.682. The molecule has 2 fully saturated rings. The van der Waals surface area contributed by atoms with Crippen molar-refractivity contribution in [1.82, 2.24) is 9.62 Å². The average Bonchev–Trinajstić information content (AvgIpc) is 3.28. The number of ether oxygens (including phenoxy) is 1. The Morgan fingerprint density at radius 1 is 1.07 bits per heavy atom. The van der Waals surface area contributed by atoms with Gasteiger partial charge in [-0.1, -0.05) is 19.3 Å². The van der Waals surface area contributed by atoms with Crippen molar-refractivity contribution in [2.45, 2.75) is 62.9 Å². The molecule has 0 spiro atoms. The zero-order valence-corrected chi connectivity index (χ0v) is 17.7. The molecule has 29 heavy (non-hydrogen) atoms. The molecule has 1 saturated carbocycles. The molecule has 7 nitrogen and oxygen atoms in total. The fourth-order valence-corrected chi connectivity index (χ4v) is 5.42. The predicted octanol–water partition coefficient (Wildman–Crippen LogP) is 2.71. The van der Waals surface area contributed by atoms with E-state index in [0.29, 0.717) is 25.6 Å². The summed E-state index contributed by atoms with van der Waals surface area (Å²) in [4.78, 5) is 24.7. The number of hydrogen-bond donors (Lipinski definition) is 1. The molecule has 1 aliphatic carbocycles. The standard InChI is InChI=1S/C21H30N2O5S/c1-16(20(24)22-15-17-7-3-2-4-8-17)28-21(25)18-9-11-19(12-10-18)29(26,27)23-13-5-6-14-23/h9-12,16-17H,2-8,13-15H2,1H3,(H,22,24)/t16-/m1/s1. The Labute approximate surface area is 172 Å². The van der Waals surface area contributed by atoms with Gasteiger partial charge >= 0.3 is 5.97 Å². The van der Waals surface area contributed by atoms with Gasteiger partial charge in [-0.3, -0.25) is 4.79 Å². The van der Waals surface area contributed by atoms with Gasteiger partial charge in [-0.05, 0) is 62.8 Å². The lowest BCUT2D eigenvalue weighted by Crippen LogP contribution is -2.38. The number of rotatable bonds is 7. The Hall–Kier alpha value is -1.93. The Bertz CT molecular complexity index is 810. The molecule has 1 aromatic rings. The fourth-order valence-electron chi connectivity index (χ4n) is 3.90. The molecule has 1 heterocycles. The van der Waals surface area contributed by atoms with Crippen LogP contribution in [0.2, 0.25) is 0 Å². The van der Waals surface area contributed by atoms with Crippen LogP contribution in [0.3, 0.4) is 0 Å². The molecule has 2 aliphatic rings. The number of nitrogens with one attached hydrogen (secondary N) is 1. The molecule has 1 N–H and O–H groups in total. The molecule has 160 valence electrons. The third-order valence-corrected chi connectivity index (χ3v) is 7.65. The topological polar surface area (TPSA) is 92.8 Å². The van der Waals surface area contributed by atoms with Gasteiger partial charge < -0.3 is 10.1 Å². The summed E-state index contributed by atoms with van der Waals surface area (Å²) in [7, 11) is -3.52. The molecule has 1 saturated heterocycles. The largest absolute Gasteiger partial charge is 0.449 e. The van der Waals surface area contributed by atoms with Crippen LogP contribution in [0.25, 0.3) is 0 Å². The summed E-state index contributed by atoms with van der Waals surface area (Å²) < 4.78 is 31.8. The summed E-state index contributed by atoms with van der Waals surface area (Å²) in [5.41, 5.74) is 0.220. The maximum absolute atomic E-state index is 12.5. The number of nitrogens with zero attached hydrogens (tertiary/aromatic N) is 1. The summed E-state index contributed by atoms with van der Waals surface area (Å²) in [6.07, 6.45) is 6.75. The molecule has 1 aromatic carbocycles. The van der Waals surface area contributed by atoms with Gasteiger partial charge in [-0.2, -0.15) is 4.31 Å². The second kappa shape index (κ2) is 9.71. The van der Waals surface area contributed by atoms with E-state index in [0.717, 1.165) is 25.7 Å². The van der Waals surface area contributed by atoms with Crippen LogP contribution in [-0.2, 0) is 19.6 Å². The zero-order chi connectivity index (χ0) is 20.9. The average molecular weight is 423 g/mol. The van der Waals surface area contributed by atoms with Crippen molar-refractivity contribution >= 4 is 21.9 Å². The van der Waals surface area contributed by atoms with Gasteiger partial charge in [0.2, 0.25) is 10.0 Å². The van der Waals surface area contributed by atoms with Crippen LogP contribution in [0.1, 0.15) is 62.2 Å². The first-order valence-electron chi connectivity index (χ1n) is 10.5. The van der Waals surface area contributed by atoms with E-state index < -0.39 is 22.1 Å². The lowest BCUT2D eigenvalue weighted by Gasteiger charge is -2.22. The van der Waals surface area contributed by atoms with Crippen LogP contribution in [0.15, 0.2) is 29.2 Å². The highest BCUT2D eigenvalue weighted by atomic mass is 32.2. The van der Waals surface area contributed by atoms with Gasteiger partial charge in [0.15, 0.2) is 6.10 Å². The number of hydrogen-bond acceptors (Lipinski definition) is 5. The van der Waals surface area contributed by atoms with Crippen LogP contribution < -0.4 is 5.32 Å². The third-order valence-electron chi connectivity index (χ3n) is 5.74. The second-order valence-corrected chi connectivity index (χ2v) is 9.87. The molecule has 8 heteroatoms. The van der Waals surface area contributed by atoms with E-state index in [4.69, 9.17) is 4.74 Å². The van der Waals surface area contributed by atoms with Crippen LogP contribution in [0.4, 0.5) is 0 Å². The minimum atomic E-state index is -3.52. The van der Waals surface area contributed by atoms with Crippen LogP contribution in [0, 0.1) is 5.92 Å². The molecule has 0 aromatic heterocycles. The van der Waals surface area contributed by atoms with Gasteiger partial charge in [0, 0.05) is 19.6 Å². The van der Waals surface area contributed by atoms with E-state index in [1.54, 1.807) is 6.92 Å². The first kappa shape index (κ1) is 21.8. The van der Waals surface area contributed by atoms with Gasteiger partial charge in [-0.25, -0.2) is 13.2 Å². The first-order valence-corrected chi connectivity index (χ1v) is 11.9. The minimum absolute atomic E-state index is 0.161. The molecule has 1 atom stereocenters. The molecule has 3 rings (SSSR count). The monoisotopic (exact) mass is 422 g/mol. The smallest absolute Gasteiger partial charge is 0.338 e. The van der Waals surface area contributed by atoms with Gasteiger partial charge in [-0.15, -0.1) is 0 Å². The molecule has 0 unspecified atom stereocenters. The van der Waals surface area contributed by atoms with Crippen LogP contribution in [-0.4, -0.2) is 50.3 Å². The number of benzene rings is 1. The summed E-state index contributed by atoms with van der Waals surface area (Å²) in [6, 6.07) is 5.69. The molecule has 1 amide bonds. The van der Waals surface area contributed by atoms with Crippen LogP contribution >= 0.6 is 0 Å². The van der Waals surface area contributed by atoms with E-state index in [1.807, 2.05) is 0 Å². The van der Waals surface area contributed by atoms with E-state index in [1.165, 1.54) is 47.8 Å². The van der Waals surface area contributed by atoms with Gasteiger partial charge in [0.25, 0.3) is 5.91 Å². The Balaban J connectivity index is 1.52. The maximum Gasteiger partial charge on any atom is 0.338 e. The van der Waals surface area contributed by atoms with Crippen molar-refractivity contribution in [2.24, 2.45) is 5.92 Å². The summed E-state index contributed by atoms with van der Waals surface area (Å²) in [5.74, 6) is -0.451. The molecule has 1 aliphatic heterocycles. The molecular weight excluding hydrogens is 392 g/mol. The highest BCUT2D eigenvalue weighted by Gasteiger charge is 2.27. The van der Waals surface area contributed by atoms with Crippen molar-refractivity contribution in [3.8, 4) is 0 Å². The molecule has 0 radical (unpaired) electrons. The van der Waals surface area contributed by atoms with Crippen molar-refractivity contribution in [2.75, 3.05) is 19.6 Å². The summed E-state index contributed by atoms with van der Waals surface area (Å²) in [6.45, 7) is 3.21. The number of esters is 1. The van der Waals surface area contributed by atoms with E-state index in [-0.39, 0.29) is 16.4 Å². The number of sulfonamides is 1. The molecular formula is C21H30N2O5S. The molecule has 0 bridgehead atoms. The Kier molecular flexibility index (Phi) is 7.29. The zero-order valence-electron chi connectivity index (χ0n) is 16.9. The van der Waals surface area contributed by atoms with E-state index in [2.05, 4.69) is 5.32 Å². The number of amides is 1. The minimum Gasteiger partial charge on any atom is -0.449 e. The van der Waals surface area contributed by atoms with Crippen molar-refractivity contribution in [3.63, 3.8) is 0 Å². The van der Waals surface area contributed by atoms with Crippen LogP contribution in [0.5, 0.6) is 0 Å². The Morgan fingerprint density at radius 3 is 2.31 bits per heavy atom. The van der Waals surface area contributed by atoms with Gasteiger partial charge in [0.1, 0.15) is 0 Å². The van der Waals surface area contributed by atoms with Crippen molar-refractivity contribution < 1.29 is 22.7 Å². The Morgan fingerprint density at radius 2 is 1.69 bits per heavy atom. The SMILES string of the molecule is C[C@@H](OC(=O)c1ccc(S(=O)(=O)N2CCCC2)cc1)C(=O)NCC1CCCCC1. The normalized spacial score (nSPS) is 19.6. The first-order chi connectivity index (χ1) is 13.9. The van der Waals surface area contributed by atoms with Gasteiger partial charge in [0.05, 0.1) is 10.5 Å². The fraction of sp³-hybridized carbons (Fsp3) is 0.619. The van der Waals surface area contributed by atoms with Crippen molar-refractivity contribution in [3.05, 3.63) is 29.8 Å². The summed E-state index contributed by atoms with van der Waals surface area (Å²) in [5, 5.41) is 2.87. The highest BCUT2D eigenvalue weighted by Crippen LogP contribution is 2.23. The summed E-state index contributed by atoms with van der Waals surface area (Å²) >= 11 is 0. The van der Waals surface area contributed by atoms with E-state index in [9.17, 15) is 18.0 Å². The number of carbonyl (C=O) groups excluding carboxylic acids is 2. The number of carbonyl (C=O) groups is 2. The predicted molar refractivity (Wildman–Crippen MR) is 109 cm³/mol. The highest BCUT2D eigenvalue weighted by molar-refractivity contribution is 7.89. The lowest BCUT2D eigenvalue weighted by molar-refractivity contribution is -0.129. The third kappa shape index (κ3) is 5.57. The van der Waals surface area contributed by atoms with E-state index >= 15 is 0 Å². The van der Waals surface area contributed by atoms with Crippen molar-refractivity contribution in [1.29, 1.82) is 0 Å². The second-order valence-electron chi connectivity index (χ2n) is 7.93.